The Balaban J connectivity index is 2.40. The van der Waals surface area contributed by atoms with Crippen molar-refractivity contribution in [3.63, 3.8) is 0 Å². The molecule has 0 aliphatic heterocycles. The Morgan fingerprint density at radius 2 is 1.26 bits per heavy atom. The first-order valence-electron chi connectivity index (χ1n) is 21.4. The Labute approximate surface area is 370 Å². The first kappa shape index (κ1) is 53.3. The van der Waals surface area contributed by atoms with Gasteiger partial charge in [-0.2, -0.15) is 0 Å². The van der Waals surface area contributed by atoms with Crippen LogP contribution < -0.4 is 21.3 Å². The second-order valence-electron chi connectivity index (χ2n) is 18.3. The summed E-state index contributed by atoms with van der Waals surface area (Å²) >= 11 is 0. The summed E-state index contributed by atoms with van der Waals surface area (Å²) in [6.07, 6.45) is -1.24. The van der Waals surface area contributed by atoms with E-state index in [1.54, 1.807) is 44.2 Å². The molecule has 2 aromatic carbocycles. The van der Waals surface area contributed by atoms with E-state index in [0.717, 1.165) is 5.56 Å². The molecule has 0 fully saturated rings. The van der Waals surface area contributed by atoms with Gasteiger partial charge in [0.15, 0.2) is 8.32 Å². The minimum atomic E-state index is -2.13. The molecule has 2 aromatic rings. The largest absolute Gasteiger partial charge is 0.467 e. The number of likely N-dealkylation sites (N-methyl/N-ethyl adjacent to an activating group) is 1. The highest BCUT2D eigenvalue weighted by atomic mass is 28.4. The second kappa shape index (κ2) is 24.7. The molecule has 0 saturated carbocycles. The predicted molar refractivity (Wildman–Crippen MR) is 241 cm³/mol. The topological polar surface area (TPSA) is 191 Å². The van der Waals surface area contributed by atoms with Crippen LogP contribution in [0.25, 0.3) is 0 Å². The van der Waals surface area contributed by atoms with Gasteiger partial charge in [0, 0.05) is 20.8 Å². The van der Waals surface area contributed by atoms with E-state index in [4.69, 9.17) is 18.6 Å². The van der Waals surface area contributed by atoms with Gasteiger partial charge in [0.05, 0.1) is 7.11 Å². The molecule has 0 spiro atoms. The fraction of sp³-hybridized carbons (Fsp3) is 0.609. The lowest BCUT2D eigenvalue weighted by molar-refractivity contribution is -0.146. The highest BCUT2D eigenvalue weighted by molar-refractivity contribution is 6.74. The zero-order chi connectivity index (χ0) is 46.9. The third-order valence-electron chi connectivity index (χ3n) is 11.2. The lowest BCUT2D eigenvalue weighted by Crippen LogP contribution is -2.60. The highest BCUT2D eigenvalue weighted by Crippen LogP contribution is 2.37. The van der Waals surface area contributed by atoms with Gasteiger partial charge in [-0.1, -0.05) is 116 Å². The normalized spacial score (nSPS) is 15.2. The van der Waals surface area contributed by atoms with Crippen LogP contribution in [-0.4, -0.2) is 107 Å². The summed E-state index contributed by atoms with van der Waals surface area (Å²) in [5, 5.41) is 11.0. The quantitative estimate of drug-likeness (QED) is 0.0773. The molecule has 0 aliphatic carbocycles. The van der Waals surface area contributed by atoms with Crippen LogP contribution in [0, 0.1) is 17.8 Å². The van der Waals surface area contributed by atoms with Crippen LogP contribution in [0.2, 0.25) is 18.1 Å². The number of ether oxygens (including phenoxy) is 3. The lowest BCUT2D eigenvalue weighted by atomic mass is 9.97. The number of nitrogens with zero attached hydrogens (tertiary/aromatic N) is 1. The fourth-order valence-corrected chi connectivity index (χ4v) is 7.45. The minimum absolute atomic E-state index is 0.00410. The lowest BCUT2D eigenvalue weighted by Gasteiger charge is -2.37. The standard InChI is InChI=1S/C46H73N5O10Si/c1-29(2)25-35(44(56)59-12)48-42(54)37(30(3)4)49-43(55)38(39(58-11)34-23-19-16-20-24-34)50-40(52)32(6)47-41(53)36(26-31(5)27-61-62(13,14)46(7,8)9)51(10)45(57)60-28-33-21-17-15-18-22-33/h15-24,29-32,35-39H,25-28H2,1-14H3,(H,47,53)(H,48,54)(H,49,55)(H,50,52)/t31-,32-,35-,36-,37-,38-,39+/m0/s1. The number of nitrogens with one attached hydrogen (secondary N) is 4. The molecule has 0 unspecified atom stereocenters. The van der Waals surface area contributed by atoms with E-state index in [0.29, 0.717) is 18.6 Å². The number of esters is 1. The van der Waals surface area contributed by atoms with E-state index < -0.39 is 86.2 Å². The van der Waals surface area contributed by atoms with Crippen molar-refractivity contribution in [3.8, 4) is 0 Å². The summed E-state index contributed by atoms with van der Waals surface area (Å²) in [5.74, 6) is -3.86. The molecule has 0 saturated heterocycles. The maximum atomic E-state index is 14.3. The van der Waals surface area contributed by atoms with E-state index in [-0.39, 0.29) is 29.9 Å². The second-order valence-corrected chi connectivity index (χ2v) is 23.1. The van der Waals surface area contributed by atoms with Gasteiger partial charge in [0.25, 0.3) is 0 Å². The molecule has 0 radical (unpaired) electrons. The van der Waals surface area contributed by atoms with Gasteiger partial charge >= 0.3 is 12.1 Å². The van der Waals surface area contributed by atoms with Crippen molar-refractivity contribution in [1.82, 2.24) is 26.2 Å². The number of benzene rings is 2. The third kappa shape index (κ3) is 16.5. The molecule has 5 amide bonds. The molecule has 0 bridgehead atoms. The Morgan fingerprint density at radius 3 is 1.77 bits per heavy atom. The molecule has 346 valence electrons. The Kier molecular flexibility index (Phi) is 21.3. The minimum Gasteiger partial charge on any atom is -0.467 e. The van der Waals surface area contributed by atoms with Crippen molar-refractivity contribution >= 4 is 44.0 Å². The van der Waals surface area contributed by atoms with Crippen LogP contribution >= 0.6 is 0 Å². The number of rotatable bonds is 23. The highest BCUT2D eigenvalue weighted by Gasteiger charge is 2.40. The molecule has 4 N–H and O–H groups in total. The Hall–Kier alpha value is -4.80. The maximum Gasteiger partial charge on any atom is 0.410 e. The number of hydrogen-bond donors (Lipinski definition) is 4. The Morgan fingerprint density at radius 1 is 0.710 bits per heavy atom. The van der Waals surface area contributed by atoms with Gasteiger partial charge in [-0.25, -0.2) is 9.59 Å². The van der Waals surface area contributed by atoms with Crippen molar-refractivity contribution in [2.24, 2.45) is 17.8 Å². The van der Waals surface area contributed by atoms with Gasteiger partial charge in [-0.15, -0.1) is 0 Å². The average molecular weight is 884 g/mol. The van der Waals surface area contributed by atoms with Crippen molar-refractivity contribution in [3.05, 3.63) is 71.8 Å². The Bertz CT molecular complexity index is 1760. The number of carbonyl (C=O) groups is 6. The molecule has 7 atom stereocenters. The van der Waals surface area contributed by atoms with Crippen LogP contribution in [-0.2, 0) is 49.2 Å². The van der Waals surface area contributed by atoms with Gasteiger partial charge < -0.3 is 39.9 Å². The molecular formula is C46H73N5O10Si. The monoisotopic (exact) mass is 884 g/mol. The van der Waals surface area contributed by atoms with Crippen LogP contribution in [0.4, 0.5) is 4.79 Å². The number of amides is 5. The van der Waals surface area contributed by atoms with Gasteiger partial charge in [0.2, 0.25) is 23.6 Å². The number of hydrogen-bond acceptors (Lipinski definition) is 10. The first-order chi connectivity index (χ1) is 28.9. The molecule has 0 aromatic heterocycles. The van der Waals surface area contributed by atoms with Crippen LogP contribution in [0.3, 0.4) is 0 Å². The van der Waals surface area contributed by atoms with Crippen LogP contribution in [0.15, 0.2) is 60.7 Å². The summed E-state index contributed by atoms with van der Waals surface area (Å²) in [5.41, 5.74) is 1.34. The summed E-state index contributed by atoms with van der Waals surface area (Å²) in [7, 11) is 1.97. The van der Waals surface area contributed by atoms with Crippen molar-refractivity contribution in [1.29, 1.82) is 0 Å². The molecule has 2 rings (SSSR count). The molecule has 16 heteroatoms. The summed E-state index contributed by atoms with van der Waals surface area (Å²) in [6.45, 7) is 21.7. The van der Waals surface area contributed by atoms with Crippen LogP contribution in [0.5, 0.6) is 0 Å². The summed E-state index contributed by atoms with van der Waals surface area (Å²) in [4.78, 5) is 83.4. The van der Waals surface area contributed by atoms with E-state index in [1.807, 2.05) is 51.1 Å². The van der Waals surface area contributed by atoms with Crippen LogP contribution in [0.1, 0.15) is 92.4 Å². The first-order valence-corrected chi connectivity index (χ1v) is 24.3. The van der Waals surface area contributed by atoms with Crippen molar-refractivity contribution in [2.45, 2.75) is 136 Å². The van der Waals surface area contributed by atoms with Gasteiger partial charge in [-0.05, 0) is 66.8 Å². The summed E-state index contributed by atoms with van der Waals surface area (Å²) in [6, 6.07) is 12.2. The third-order valence-corrected chi connectivity index (χ3v) is 15.7. The average Bonchev–Trinajstić information content (AvgIpc) is 3.21. The van der Waals surface area contributed by atoms with Crippen molar-refractivity contribution < 1.29 is 47.4 Å². The summed E-state index contributed by atoms with van der Waals surface area (Å²) < 4.78 is 22.8. The van der Waals surface area contributed by atoms with E-state index in [1.165, 1.54) is 33.1 Å². The zero-order valence-corrected chi connectivity index (χ0v) is 40.3. The number of methoxy groups -OCH3 is 2. The molecule has 15 nitrogen and oxygen atoms in total. The van der Waals surface area contributed by atoms with E-state index >= 15 is 0 Å². The van der Waals surface area contributed by atoms with E-state index in [2.05, 4.69) is 55.1 Å². The van der Waals surface area contributed by atoms with Gasteiger partial charge in [0.1, 0.15) is 42.9 Å². The molecule has 0 aliphatic rings. The number of carbonyl (C=O) groups excluding carboxylic acids is 6. The predicted octanol–water partition coefficient (Wildman–Crippen LogP) is 5.89. The molecule has 62 heavy (non-hydrogen) atoms. The smallest absolute Gasteiger partial charge is 0.410 e. The molecular weight excluding hydrogens is 811 g/mol. The molecule has 0 heterocycles. The SMILES string of the molecule is COC(=O)[C@H](CC(C)C)NC(=O)[C@@H](NC(=O)[C@@H](NC(=O)[C@H](C)NC(=O)[C@H](C[C@H](C)CO[Si](C)(C)C(C)(C)C)N(C)C(=O)OCc1ccccc1)[C@H](OC)c1ccccc1)C(C)C. The van der Waals surface area contributed by atoms with E-state index in [9.17, 15) is 28.8 Å². The zero-order valence-electron chi connectivity index (χ0n) is 39.3. The maximum absolute atomic E-state index is 14.3. The van der Waals surface area contributed by atoms with Crippen molar-refractivity contribution in [2.75, 3.05) is 27.9 Å². The fourth-order valence-electron chi connectivity index (χ4n) is 6.31. The van der Waals surface area contributed by atoms with Gasteiger partial charge in [-0.3, -0.25) is 24.1 Å².